The van der Waals surface area contributed by atoms with Crippen molar-refractivity contribution in [2.75, 3.05) is 0 Å². The molecule has 4 aromatic rings. The van der Waals surface area contributed by atoms with Crippen LogP contribution in [-0.2, 0) is 5.75 Å². The van der Waals surface area contributed by atoms with Crippen LogP contribution in [0.5, 0.6) is 0 Å². The molecule has 0 aliphatic rings. The molecule has 0 saturated carbocycles. The van der Waals surface area contributed by atoms with Crippen LogP contribution in [0.2, 0.25) is 5.02 Å². The Hall–Kier alpha value is -2.47. The van der Waals surface area contributed by atoms with Gasteiger partial charge in [-0.15, -0.1) is 0 Å². The lowest BCUT2D eigenvalue weighted by molar-refractivity contribution is 0.775. The van der Waals surface area contributed by atoms with Crippen LogP contribution in [0.4, 0.5) is 0 Å². The molecule has 1 heterocycles. The molecule has 1 aromatic heterocycles. The van der Waals surface area contributed by atoms with Crippen LogP contribution in [0, 0.1) is 4.77 Å². The van der Waals surface area contributed by atoms with Crippen molar-refractivity contribution < 1.29 is 0 Å². The maximum atomic E-state index is 6.44. The van der Waals surface area contributed by atoms with Gasteiger partial charge < -0.3 is 0 Å². The van der Waals surface area contributed by atoms with Gasteiger partial charge in [-0.05, 0) is 29.9 Å². The lowest BCUT2D eigenvalue weighted by Gasteiger charge is -2.15. The van der Waals surface area contributed by atoms with Gasteiger partial charge in [0.25, 0.3) is 0 Å². The Kier molecular flexibility index (Phi) is 5.86. The number of thioether (sulfide) groups is 1. The minimum atomic E-state index is 0.428. The molecule has 0 saturated heterocycles. The second-order valence-corrected chi connectivity index (χ2v) is 7.75. The first-order chi connectivity index (χ1) is 13.7. The molecule has 0 unspecified atom stereocenters. The highest BCUT2D eigenvalue weighted by molar-refractivity contribution is 7.98. The van der Waals surface area contributed by atoms with E-state index in [1.54, 1.807) is 11.8 Å². The molecule has 0 N–H and O–H groups in total. The van der Waals surface area contributed by atoms with E-state index < -0.39 is 0 Å². The van der Waals surface area contributed by atoms with Gasteiger partial charge >= 0.3 is 0 Å². The fourth-order valence-corrected chi connectivity index (χ4v) is 4.26. The van der Waals surface area contributed by atoms with Gasteiger partial charge in [0, 0.05) is 11.3 Å². The molecule has 0 radical (unpaired) electrons. The maximum Gasteiger partial charge on any atom is 0.208 e. The molecule has 0 bridgehead atoms. The Morgan fingerprint density at radius 1 is 0.821 bits per heavy atom. The Morgan fingerprint density at radius 2 is 1.46 bits per heavy atom. The van der Waals surface area contributed by atoms with Crippen LogP contribution in [0.1, 0.15) is 5.56 Å². The molecule has 28 heavy (non-hydrogen) atoms. The van der Waals surface area contributed by atoms with Crippen LogP contribution in [-0.4, -0.2) is 14.5 Å². The Balaban J connectivity index is 1.82. The van der Waals surface area contributed by atoms with Crippen molar-refractivity contribution in [3.8, 4) is 17.1 Å². The molecule has 0 spiro atoms. The third-order valence-corrected chi connectivity index (χ3v) is 5.72. The monoisotopic (exact) mass is 421 g/mol. The summed E-state index contributed by atoms with van der Waals surface area (Å²) in [5.74, 6) is 1.38. The number of benzene rings is 3. The number of rotatable bonds is 5. The van der Waals surface area contributed by atoms with Crippen molar-refractivity contribution in [3.05, 3.63) is 100 Å². The van der Waals surface area contributed by atoms with Gasteiger partial charge in [0.1, 0.15) is 0 Å². The standard InChI is InChI=1S/C22H16ClN3S2/c23-18-13-7-8-14-19(18)26-21(27)24-20(17-11-5-2-6-12-17)25-22(26)28-15-16-9-3-1-4-10-16/h1-14H,15H2. The van der Waals surface area contributed by atoms with E-state index in [9.17, 15) is 0 Å². The van der Waals surface area contributed by atoms with Crippen LogP contribution < -0.4 is 0 Å². The zero-order valence-corrected chi connectivity index (χ0v) is 17.2. The van der Waals surface area contributed by atoms with E-state index in [2.05, 4.69) is 17.1 Å². The minimum Gasteiger partial charge on any atom is -0.262 e. The number of hydrogen-bond acceptors (Lipinski definition) is 4. The van der Waals surface area contributed by atoms with Gasteiger partial charge in [-0.2, -0.15) is 4.98 Å². The lowest BCUT2D eigenvalue weighted by Crippen LogP contribution is -2.08. The zero-order chi connectivity index (χ0) is 19.3. The van der Waals surface area contributed by atoms with E-state index in [0.717, 1.165) is 22.2 Å². The van der Waals surface area contributed by atoms with E-state index >= 15 is 0 Å². The summed E-state index contributed by atoms with van der Waals surface area (Å²) in [6, 6.07) is 27.7. The molecule has 138 valence electrons. The van der Waals surface area contributed by atoms with E-state index in [1.807, 2.05) is 77.4 Å². The van der Waals surface area contributed by atoms with Crippen LogP contribution >= 0.6 is 35.6 Å². The average Bonchev–Trinajstić information content (AvgIpc) is 2.74. The van der Waals surface area contributed by atoms with Crippen molar-refractivity contribution in [2.24, 2.45) is 0 Å². The van der Waals surface area contributed by atoms with Crippen molar-refractivity contribution >= 4 is 35.6 Å². The second-order valence-electron chi connectivity index (χ2n) is 6.04. The average molecular weight is 422 g/mol. The van der Waals surface area contributed by atoms with E-state index in [-0.39, 0.29) is 0 Å². The molecule has 0 amide bonds. The van der Waals surface area contributed by atoms with Crippen LogP contribution in [0.15, 0.2) is 90.1 Å². The topological polar surface area (TPSA) is 30.7 Å². The summed E-state index contributed by atoms with van der Waals surface area (Å²) < 4.78 is 2.27. The molecule has 3 nitrogen and oxygen atoms in total. The first kappa shape index (κ1) is 18.9. The highest BCUT2D eigenvalue weighted by atomic mass is 35.5. The summed E-state index contributed by atoms with van der Waals surface area (Å²) in [4.78, 5) is 9.40. The van der Waals surface area contributed by atoms with Gasteiger partial charge in [0.05, 0.1) is 10.7 Å². The fraction of sp³-hybridized carbons (Fsp3) is 0.0455. The summed E-state index contributed by atoms with van der Waals surface area (Å²) >= 11 is 13.7. The van der Waals surface area contributed by atoms with E-state index in [4.69, 9.17) is 28.8 Å². The SMILES string of the molecule is S=c1nc(-c2ccccc2)nc(SCc2ccccc2)n1-c1ccccc1Cl. The number of hydrogen-bond donors (Lipinski definition) is 0. The number of aromatic nitrogens is 3. The summed E-state index contributed by atoms with van der Waals surface area (Å²) in [7, 11) is 0. The molecule has 4 rings (SSSR count). The van der Waals surface area contributed by atoms with Crippen LogP contribution in [0.3, 0.4) is 0 Å². The Labute approximate surface area is 178 Å². The third kappa shape index (κ3) is 4.17. The molecule has 6 heteroatoms. The number of para-hydroxylation sites is 1. The van der Waals surface area contributed by atoms with Gasteiger partial charge in [0.2, 0.25) is 4.77 Å². The number of halogens is 1. The largest absolute Gasteiger partial charge is 0.262 e. The van der Waals surface area contributed by atoms with Gasteiger partial charge in [-0.25, -0.2) is 4.98 Å². The smallest absolute Gasteiger partial charge is 0.208 e. The Bertz CT molecular complexity index is 1150. The second kappa shape index (κ2) is 8.69. The summed E-state index contributed by atoms with van der Waals surface area (Å²) in [6.07, 6.45) is 0. The molecule has 3 aromatic carbocycles. The quantitative estimate of drug-likeness (QED) is 0.268. The summed E-state index contributed by atoms with van der Waals surface area (Å²) in [5.41, 5.74) is 2.93. The van der Waals surface area contributed by atoms with Gasteiger partial charge in [-0.3, -0.25) is 4.57 Å². The lowest BCUT2D eigenvalue weighted by atomic mass is 10.2. The van der Waals surface area contributed by atoms with Gasteiger partial charge in [0.15, 0.2) is 11.0 Å². The summed E-state index contributed by atoms with van der Waals surface area (Å²) in [6.45, 7) is 0. The molecular formula is C22H16ClN3S2. The van der Waals surface area contributed by atoms with Crippen molar-refractivity contribution in [3.63, 3.8) is 0 Å². The molecule has 0 aliphatic carbocycles. The van der Waals surface area contributed by atoms with E-state index in [1.165, 1.54) is 5.56 Å². The molecule has 0 atom stereocenters. The minimum absolute atomic E-state index is 0.428. The number of nitrogens with zero attached hydrogens (tertiary/aromatic N) is 3. The molecule has 0 aliphatic heterocycles. The first-order valence-corrected chi connectivity index (χ1v) is 10.5. The third-order valence-electron chi connectivity index (χ3n) is 4.12. The van der Waals surface area contributed by atoms with E-state index in [0.29, 0.717) is 15.6 Å². The zero-order valence-electron chi connectivity index (χ0n) is 14.8. The Morgan fingerprint density at radius 3 is 2.18 bits per heavy atom. The summed E-state index contributed by atoms with van der Waals surface area (Å²) in [5, 5.41) is 1.37. The van der Waals surface area contributed by atoms with Gasteiger partial charge in [-0.1, -0.05) is 96.2 Å². The first-order valence-electron chi connectivity index (χ1n) is 8.70. The molecule has 0 fully saturated rings. The maximum absolute atomic E-state index is 6.44. The van der Waals surface area contributed by atoms with Crippen molar-refractivity contribution in [1.82, 2.24) is 14.5 Å². The highest BCUT2D eigenvalue weighted by Crippen LogP contribution is 2.29. The fourth-order valence-electron chi connectivity index (χ4n) is 2.76. The highest BCUT2D eigenvalue weighted by Gasteiger charge is 2.14. The normalized spacial score (nSPS) is 10.8. The van der Waals surface area contributed by atoms with Crippen LogP contribution in [0.25, 0.3) is 17.1 Å². The van der Waals surface area contributed by atoms with Crippen molar-refractivity contribution in [1.29, 1.82) is 0 Å². The predicted molar refractivity (Wildman–Crippen MR) is 119 cm³/mol. The molecular weight excluding hydrogens is 406 g/mol. The predicted octanol–water partition coefficient (Wildman–Crippen LogP) is 6.61. The van der Waals surface area contributed by atoms with Crippen molar-refractivity contribution in [2.45, 2.75) is 10.9 Å².